The van der Waals surface area contributed by atoms with Gasteiger partial charge < -0.3 is 10.8 Å². The van der Waals surface area contributed by atoms with Gasteiger partial charge in [0.05, 0.1) is 5.52 Å². The normalized spacial score (nSPS) is 11.0. The number of fused-ring (bicyclic) bond motifs is 1. The zero-order chi connectivity index (χ0) is 11.5. The molecule has 2 aromatic rings. The lowest BCUT2D eigenvalue weighted by molar-refractivity contribution is -0.113. The summed E-state index contributed by atoms with van der Waals surface area (Å²) in [4.78, 5) is 14.6. The molecule has 1 amide bonds. The lowest BCUT2D eigenvalue weighted by atomic mass is 10.1. The van der Waals surface area contributed by atoms with E-state index in [0.717, 1.165) is 5.39 Å². The summed E-state index contributed by atoms with van der Waals surface area (Å²) in [6.45, 7) is 0. The highest BCUT2D eigenvalue weighted by Crippen LogP contribution is 2.21. The second-order valence-corrected chi connectivity index (χ2v) is 3.33. The van der Waals surface area contributed by atoms with Crippen molar-refractivity contribution in [3.05, 3.63) is 42.0 Å². The minimum absolute atomic E-state index is 0.115. The van der Waals surface area contributed by atoms with E-state index in [1.165, 1.54) is 12.2 Å². The number of carbonyl (C=O) groups excluding carboxylic acids is 1. The number of hydrogen-bond acceptors (Lipinski definition) is 3. The molecule has 2 rings (SSSR count). The molecule has 0 unspecified atom stereocenters. The van der Waals surface area contributed by atoms with Crippen LogP contribution in [-0.4, -0.2) is 16.0 Å². The molecule has 80 valence electrons. The Kier molecular flexibility index (Phi) is 2.55. The molecule has 0 aliphatic rings. The lowest BCUT2D eigenvalue weighted by Crippen LogP contribution is -2.05. The number of benzene rings is 1. The lowest BCUT2D eigenvalue weighted by Gasteiger charge is -2.01. The van der Waals surface area contributed by atoms with Gasteiger partial charge in [0.25, 0.3) is 0 Å². The number of aromatic hydroxyl groups is 1. The maximum Gasteiger partial charge on any atom is 0.241 e. The molecule has 0 fully saturated rings. The van der Waals surface area contributed by atoms with Crippen LogP contribution in [0.1, 0.15) is 5.56 Å². The SMILES string of the molecule is NC(=O)C=Cc1cc2ccccc2nc1O. The Morgan fingerprint density at radius 2 is 2.12 bits per heavy atom. The van der Waals surface area contributed by atoms with Crippen molar-refractivity contribution in [3.8, 4) is 5.88 Å². The number of rotatable bonds is 2. The molecule has 4 nitrogen and oxygen atoms in total. The van der Waals surface area contributed by atoms with Crippen LogP contribution < -0.4 is 5.73 Å². The van der Waals surface area contributed by atoms with Crippen molar-refractivity contribution in [2.24, 2.45) is 5.73 Å². The largest absolute Gasteiger partial charge is 0.493 e. The zero-order valence-electron chi connectivity index (χ0n) is 8.42. The van der Waals surface area contributed by atoms with Gasteiger partial charge in [-0.05, 0) is 18.2 Å². The molecule has 3 N–H and O–H groups in total. The summed E-state index contributed by atoms with van der Waals surface area (Å²) in [5.74, 6) is -0.677. The second-order valence-electron chi connectivity index (χ2n) is 3.33. The van der Waals surface area contributed by atoms with Gasteiger partial charge in [-0.25, -0.2) is 4.98 Å². The van der Waals surface area contributed by atoms with Crippen molar-refractivity contribution in [1.29, 1.82) is 0 Å². The average Bonchev–Trinajstić information content (AvgIpc) is 2.26. The first-order valence-corrected chi connectivity index (χ1v) is 4.73. The molecular formula is C12H10N2O2. The van der Waals surface area contributed by atoms with E-state index < -0.39 is 5.91 Å². The zero-order valence-corrected chi connectivity index (χ0v) is 8.42. The van der Waals surface area contributed by atoms with Crippen LogP contribution in [0, 0.1) is 0 Å². The first kappa shape index (κ1) is 10.2. The number of nitrogens with zero attached hydrogens (tertiary/aromatic N) is 1. The van der Waals surface area contributed by atoms with Gasteiger partial charge in [-0.3, -0.25) is 4.79 Å². The van der Waals surface area contributed by atoms with E-state index in [-0.39, 0.29) is 5.88 Å². The van der Waals surface area contributed by atoms with E-state index in [1.54, 1.807) is 12.1 Å². The average molecular weight is 214 g/mol. The number of pyridine rings is 1. The van der Waals surface area contributed by atoms with Gasteiger partial charge in [-0.15, -0.1) is 0 Å². The number of primary amides is 1. The summed E-state index contributed by atoms with van der Waals surface area (Å²) in [7, 11) is 0. The number of aromatic nitrogens is 1. The van der Waals surface area contributed by atoms with Crippen LogP contribution in [0.5, 0.6) is 5.88 Å². The Morgan fingerprint density at radius 3 is 2.88 bits per heavy atom. The standard InChI is InChI=1S/C12H10N2O2/c13-11(15)6-5-9-7-8-3-1-2-4-10(8)14-12(9)16/h1-7H,(H2,13,15)(H,14,16). The number of hydrogen-bond donors (Lipinski definition) is 2. The summed E-state index contributed by atoms with van der Waals surface area (Å²) in [5.41, 5.74) is 6.15. The third-order valence-electron chi connectivity index (χ3n) is 2.16. The summed E-state index contributed by atoms with van der Waals surface area (Å²) in [5, 5.41) is 10.5. The molecule has 1 aromatic heterocycles. The van der Waals surface area contributed by atoms with Gasteiger partial charge in [0.15, 0.2) is 0 Å². The van der Waals surface area contributed by atoms with Crippen molar-refractivity contribution in [1.82, 2.24) is 4.98 Å². The fourth-order valence-electron chi connectivity index (χ4n) is 1.42. The number of para-hydroxylation sites is 1. The summed E-state index contributed by atoms with van der Waals surface area (Å²) < 4.78 is 0. The fourth-order valence-corrected chi connectivity index (χ4v) is 1.42. The Balaban J connectivity index is 2.54. The molecule has 0 radical (unpaired) electrons. The monoisotopic (exact) mass is 214 g/mol. The van der Waals surface area contributed by atoms with Crippen LogP contribution in [0.25, 0.3) is 17.0 Å². The van der Waals surface area contributed by atoms with Crippen LogP contribution >= 0.6 is 0 Å². The highest BCUT2D eigenvalue weighted by Gasteiger charge is 2.02. The quantitative estimate of drug-likeness (QED) is 0.742. The summed E-state index contributed by atoms with van der Waals surface area (Å²) in [6, 6.07) is 9.15. The molecule has 0 saturated carbocycles. The predicted octanol–water partition coefficient (Wildman–Crippen LogP) is 1.44. The van der Waals surface area contributed by atoms with Gasteiger partial charge in [0, 0.05) is 17.0 Å². The molecule has 1 aromatic carbocycles. The molecule has 0 aliphatic carbocycles. The van der Waals surface area contributed by atoms with Gasteiger partial charge >= 0.3 is 0 Å². The van der Waals surface area contributed by atoms with Crippen LogP contribution in [0.2, 0.25) is 0 Å². The first-order valence-electron chi connectivity index (χ1n) is 4.73. The maximum absolute atomic E-state index is 10.6. The molecule has 0 bridgehead atoms. The van der Waals surface area contributed by atoms with Crippen molar-refractivity contribution in [3.63, 3.8) is 0 Å². The maximum atomic E-state index is 10.6. The Hall–Kier alpha value is -2.36. The van der Waals surface area contributed by atoms with Crippen LogP contribution in [-0.2, 0) is 4.79 Å². The summed E-state index contributed by atoms with van der Waals surface area (Å²) in [6.07, 6.45) is 2.63. The minimum atomic E-state index is -0.562. The number of carbonyl (C=O) groups is 1. The second kappa shape index (κ2) is 4.02. The molecule has 0 spiro atoms. The van der Waals surface area contributed by atoms with Gasteiger partial charge in [0.2, 0.25) is 11.8 Å². The van der Waals surface area contributed by atoms with Gasteiger partial charge in [-0.1, -0.05) is 18.2 Å². The Labute approximate surface area is 92.0 Å². The smallest absolute Gasteiger partial charge is 0.241 e. The topological polar surface area (TPSA) is 76.2 Å². The molecule has 0 saturated heterocycles. The van der Waals surface area contributed by atoms with E-state index >= 15 is 0 Å². The third-order valence-corrected chi connectivity index (χ3v) is 2.16. The first-order chi connectivity index (χ1) is 7.66. The molecule has 0 atom stereocenters. The fraction of sp³-hybridized carbons (Fsp3) is 0. The number of nitrogens with two attached hydrogens (primary N) is 1. The Bertz CT molecular complexity index is 576. The highest BCUT2D eigenvalue weighted by atomic mass is 16.3. The van der Waals surface area contributed by atoms with Crippen molar-refractivity contribution in [2.45, 2.75) is 0 Å². The van der Waals surface area contributed by atoms with Crippen LogP contribution in [0.4, 0.5) is 0 Å². The van der Waals surface area contributed by atoms with Gasteiger partial charge in [-0.2, -0.15) is 0 Å². The summed E-state index contributed by atoms with van der Waals surface area (Å²) >= 11 is 0. The van der Waals surface area contributed by atoms with Crippen molar-refractivity contribution < 1.29 is 9.90 Å². The predicted molar refractivity (Wildman–Crippen MR) is 61.6 cm³/mol. The molecule has 0 aliphatic heterocycles. The van der Waals surface area contributed by atoms with Crippen molar-refractivity contribution in [2.75, 3.05) is 0 Å². The number of amides is 1. The van der Waals surface area contributed by atoms with E-state index in [9.17, 15) is 9.90 Å². The molecular weight excluding hydrogens is 204 g/mol. The molecule has 1 heterocycles. The van der Waals surface area contributed by atoms with E-state index in [2.05, 4.69) is 4.98 Å². The van der Waals surface area contributed by atoms with Crippen LogP contribution in [0.15, 0.2) is 36.4 Å². The third kappa shape index (κ3) is 2.00. The minimum Gasteiger partial charge on any atom is -0.493 e. The van der Waals surface area contributed by atoms with Crippen molar-refractivity contribution >= 4 is 22.9 Å². The van der Waals surface area contributed by atoms with E-state index in [1.807, 2.05) is 18.2 Å². The molecule has 4 heteroatoms. The Morgan fingerprint density at radius 1 is 1.38 bits per heavy atom. The van der Waals surface area contributed by atoms with E-state index in [0.29, 0.717) is 11.1 Å². The van der Waals surface area contributed by atoms with Gasteiger partial charge in [0.1, 0.15) is 0 Å². The van der Waals surface area contributed by atoms with E-state index in [4.69, 9.17) is 5.73 Å². The van der Waals surface area contributed by atoms with Crippen LogP contribution in [0.3, 0.4) is 0 Å². The highest BCUT2D eigenvalue weighted by molar-refractivity contribution is 5.91. The molecule has 16 heavy (non-hydrogen) atoms.